The molecule has 0 atom stereocenters. The molecule has 2 aromatic carbocycles. The van der Waals surface area contributed by atoms with Crippen molar-refractivity contribution in [2.24, 2.45) is 0 Å². The van der Waals surface area contributed by atoms with Crippen LogP contribution < -0.4 is 15.5 Å². The van der Waals surface area contributed by atoms with Gasteiger partial charge in [-0.2, -0.15) is 0 Å². The van der Waals surface area contributed by atoms with E-state index in [9.17, 15) is 24.0 Å². The van der Waals surface area contributed by atoms with Gasteiger partial charge >= 0.3 is 0 Å². The molecule has 0 unspecified atom stereocenters. The Morgan fingerprint density at radius 3 is 2.15 bits per heavy atom. The molecule has 12 heteroatoms. The Labute approximate surface area is 280 Å². The highest BCUT2D eigenvalue weighted by Gasteiger charge is 2.34. The van der Waals surface area contributed by atoms with Crippen LogP contribution in [0.3, 0.4) is 0 Å². The zero-order chi connectivity index (χ0) is 33.5. The second kappa shape index (κ2) is 15.3. The van der Waals surface area contributed by atoms with Gasteiger partial charge < -0.3 is 15.5 Å². The Balaban J connectivity index is 0.847. The summed E-state index contributed by atoms with van der Waals surface area (Å²) in [5, 5.41) is 5.88. The van der Waals surface area contributed by atoms with Crippen LogP contribution in [-0.4, -0.2) is 102 Å². The molecule has 2 N–H and O–H groups in total. The summed E-state index contributed by atoms with van der Waals surface area (Å²) in [5.74, 6) is -0.419. The Bertz CT molecular complexity index is 1650. The lowest BCUT2D eigenvalue weighted by Gasteiger charge is -2.35. The quantitative estimate of drug-likeness (QED) is 0.211. The molecule has 0 aliphatic carbocycles. The van der Waals surface area contributed by atoms with E-state index in [0.717, 1.165) is 52.0 Å². The summed E-state index contributed by atoms with van der Waals surface area (Å²) in [6.07, 6.45) is 6.06. The van der Waals surface area contributed by atoms with Crippen LogP contribution in [-0.2, 0) is 9.59 Å². The van der Waals surface area contributed by atoms with Gasteiger partial charge in [-0.15, -0.1) is 0 Å². The van der Waals surface area contributed by atoms with Crippen LogP contribution >= 0.6 is 0 Å². The summed E-state index contributed by atoms with van der Waals surface area (Å²) >= 11 is 0. The monoisotopic (exact) mass is 651 g/mol. The van der Waals surface area contributed by atoms with E-state index in [-0.39, 0.29) is 36.1 Å². The molecule has 48 heavy (non-hydrogen) atoms. The first kappa shape index (κ1) is 33.0. The number of para-hydroxylation sites is 1. The number of unbranched alkanes of at least 4 members (excludes halogenated alkanes) is 3. The highest BCUT2D eigenvalue weighted by molar-refractivity contribution is 6.21. The number of benzene rings is 2. The number of carbonyl (C=O) groups is 5. The van der Waals surface area contributed by atoms with Crippen LogP contribution in [0.5, 0.6) is 0 Å². The van der Waals surface area contributed by atoms with E-state index >= 15 is 0 Å². The van der Waals surface area contributed by atoms with Crippen molar-refractivity contribution in [3.63, 3.8) is 0 Å². The van der Waals surface area contributed by atoms with E-state index in [1.54, 1.807) is 65.7 Å². The second-order valence-corrected chi connectivity index (χ2v) is 12.4. The number of imide groups is 1. The number of rotatable bonds is 13. The van der Waals surface area contributed by atoms with Crippen LogP contribution in [0.15, 0.2) is 66.9 Å². The molecule has 0 bridgehead atoms. The van der Waals surface area contributed by atoms with Gasteiger partial charge in [0.25, 0.3) is 17.7 Å². The molecule has 12 nitrogen and oxygen atoms in total. The van der Waals surface area contributed by atoms with Crippen molar-refractivity contribution in [2.75, 3.05) is 62.6 Å². The fraction of sp³-hybridized carbons (Fsp3) is 0.389. The minimum atomic E-state index is -0.266. The number of pyridine rings is 1. The molecule has 1 fully saturated rings. The number of carbonyl (C=O) groups excluding carboxylic acids is 5. The van der Waals surface area contributed by atoms with Crippen molar-refractivity contribution in [1.29, 1.82) is 0 Å². The molecule has 250 valence electrons. The second-order valence-electron chi connectivity index (χ2n) is 12.4. The van der Waals surface area contributed by atoms with Crippen molar-refractivity contribution in [3.05, 3.63) is 83.6 Å². The maximum absolute atomic E-state index is 13.7. The third-order valence-electron chi connectivity index (χ3n) is 9.10. The summed E-state index contributed by atoms with van der Waals surface area (Å²) in [5.41, 5.74) is 2.40. The van der Waals surface area contributed by atoms with Crippen LogP contribution in [0.4, 0.5) is 17.2 Å². The molecule has 6 rings (SSSR count). The largest absolute Gasteiger partial charge is 0.356 e. The smallest absolute Gasteiger partial charge is 0.261 e. The third kappa shape index (κ3) is 7.45. The van der Waals surface area contributed by atoms with Gasteiger partial charge in [-0.1, -0.05) is 30.7 Å². The van der Waals surface area contributed by atoms with Crippen LogP contribution in [0.2, 0.25) is 0 Å². The predicted molar refractivity (Wildman–Crippen MR) is 181 cm³/mol. The molecule has 3 aliphatic rings. The maximum atomic E-state index is 13.7. The molecule has 5 amide bonds. The van der Waals surface area contributed by atoms with Gasteiger partial charge in [0, 0.05) is 51.9 Å². The van der Waals surface area contributed by atoms with Gasteiger partial charge in [-0.25, -0.2) is 4.98 Å². The number of hydrogen-bond acceptors (Lipinski definition) is 8. The van der Waals surface area contributed by atoms with Crippen molar-refractivity contribution < 1.29 is 24.0 Å². The maximum Gasteiger partial charge on any atom is 0.261 e. The van der Waals surface area contributed by atoms with Crippen molar-refractivity contribution >= 4 is 46.7 Å². The average Bonchev–Trinajstić information content (AvgIpc) is 3.26. The molecule has 4 heterocycles. The van der Waals surface area contributed by atoms with Gasteiger partial charge in [0.1, 0.15) is 0 Å². The van der Waals surface area contributed by atoms with E-state index in [0.29, 0.717) is 66.2 Å². The van der Waals surface area contributed by atoms with Gasteiger partial charge in [0.05, 0.1) is 34.6 Å². The number of amides is 5. The first-order valence-electron chi connectivity index (χ1n) is 16.8. The third-order valence-corrected chi connectivity index (χ3v) is 9.10. The van der Waals surface area contributed by atoms with Crippen molar-refractivity contribution in [1.82, 2.24) is 25.0 Å². The van der Waals surface area contributed by atoms with Crippen molar-refractivity contribution in [3.8, 4) is 0 Å². The molecule has 3 aliphatic heterocycles. The number of hydrogen-bond donors (Lipinski definition) is 2. The number of anilines is 3. The Hall–Kier alpha value is -4.94. The van der Waals surface area contributed by atoms with E-state index in [1.165, 1.54) is 4.90 Å². The number of nitrogens with one attached hydrogen (secondary N) is 2. The topological polar surface area (TPSA) is 135 Å². The lowest BCUT2D eigenvalue weighted by atomic mass is 10.1. The minimum absolute atomic E-state index is 0.0269. The van der Waals surface area contributed by atoms with E-state index in [4.69, 9.17) is 0 Å². The molecule has 0 spiro atoms. The van der Waals surface area contributed by atoms with E-state index in [1.807, 2.05) is 6.07 Å². The van der Waals surface area contributed by atoms with Crippen molar-refractivity contribution in [2.45, 2.75) is 38.5 Å². The lowest BCUT2D eigenvalue weighted by Crippen LogP contribution is -2.49. The fourth-order valence-corrected chi connectivity index (χ4v) is 6.47. The number of piperazine rings is 1. The number of fused-ring (bicyclic) bond motifs is 3. The molecule has 0 saturated carbocycles. The van der Waals surface area contributed by atoms with Gasteiger partial charge in [0.15, 0.2) is 5.82 Å². The summed E-state index contributed by atoms with van der Waals surface area (Å²) in [4.78, 5) is 75.5. The SMILES string of the molecule is O=C(CCCCCN1C(=O)c2ccccc2C1=O)NCCCCN1CCN(CC(=O)N2c3ccccc3C(=O)Nc3cccnc32)CC1. The van der Waals surface area contributed by atoms with Gasteiger partial charge in [0.2, 0.25) is 11.8 Å². The summed E-state index contributed by atoms with van der Waals surface area (Å²) < 4.78 is 0. The first-order chi connectivity index (χ1) is 23.4. The lowest BCUT2D eigenvalue weighted by molar-refractivity contribution is -0.121. The van der Waals surface area contributed by atoms with Crippen LogP contribution in [0, 0.1) is 0 Å². The zero-order valence-corrected chi connectivity index (χ0v) is 27.0. The van der Waals surface area contributed by atoms with Gasteiger partial charge in [-0.05, 0) is 68.6 Å². The summed E-state index contributed by atoms with van der Waals surface area (Å²) in [7, 11) is 0. The molecule has 1 aromatic heterocycles. The summed E-state index contributed by atoms with van der Waals surface area (Å²) in [6, 6.07) is 17.5. The Morgan fingerprint density at radius 2 is 1.40 bits per heavy atom. The molecule has 3 aromatic rings. The highest BCUT2D eigenvalue weighted by atomic mass is 16.2. The number of aromatic nitrogens is 1. The van der Waals surface area contributed by atoms with Gasteiger partial charge in [-0.3, -0.25) is 38.7 Å². The molecule has 1 saturated heterocycles. The normalized spacial score (nSPS) is 16.2. The van der Waals surface area contributed by atoms with E-state index < -0.39 is 0 Å². The highest BCUT2D eigenvalue weighted by Crippen LogP contribution is 2.36. The predicted octanol–water partition coefficient (Wildman–Crippen LogP) is 3.68. The van der Waals surface area contributed by atoms with Crippen LogP contribution in [0.1, 0.15) is 69.6 Å². The average molecular weight is 652 g/mol. The fourth-order valence-electron chi connectivity index (χ4n) is 6.47. The number of nitrogens with zero attached hydrogens (tertiary/aromatic N) is 5. The first-order valence-corrected chi connectivity index (χ1v) is 16.8. The Kier molecular flexibility index (Phi) is 10.5. The minimum Gasteiger partial charge on any atom is -0.356 e. The standard InChI is InChI=1S/C36H41N7O5/c44-31(16-2-1-8-20-42-35(47)26-11-3-4-12-27(26)36(42)48)37-17-7-9-19-40-21-23-41(24-22-40)25-32(45)43-30-15-6-5-13-28(30)34(46)39-29-14-10-18-38-33(29)43/h3-6,10-15,18H,1-2,7-9,16-17,19-25H2,(H,37,44)(H,39,46). The van der Waals surface area contributed by atoms with E-state index in [2.05, 4.69) is 25.4 Å². The van der Waals surface area contributed by atoms with Crippen LogP contribution in [0.25, 0.3) is 0 Å². The molecular formula is C36H41N7O5. The molecular weight excluding hydrogens is 610 g/mol. The molecule has 0 radical (unpaired) electrons. The Morgan fingerprint density at radius 1 is 0.729 bits per heavy atom. The summed E-state index contributed by atoms with van der Waals surface area (Å²) in [6.45, 7) is 5.39. The zero-order valence-electron chi connectivity index (χ0n) is 27.0.